The van der Waals surface area contributed by atoms with E-state index in [4.69, 9.17) is 0 Å². The Kier molecular flexibility index (Phi) is 4.98. The molecule has 0 saturated carbocycles. The minimum atomic E-state index is 0.514. The third-order valence-corrected chi connectivity index (χ3v) is 2.58. The van der Waals surface area contributed by atoms with Crippen molar-refractivity contribution in [2.24, 2.45) is 5.92 Å². The van der Waals surface area contributed by atoms with E-state index in [-0.39, 0.29) is 0 Å². The highest BCUT2D eigenvalue weighted by Crippen LogP contribution is 2.13. The molecule has 0 aliphatic heterocycles. The van der Waals surface area contributed by atoms with Crippen LogP contribution in [0.4, 0.5) is 0 Å². The van der Waals surface area contributed by atoms with Crippen LogP contribution in [0, 0.1) is 5.92 Å². The van der Waals surface area contributed by atoms with Gasteiger partial charge in [0.05, 0.1) is 0 Å². The maximum Gasteiger partial charge on any atom is 0.00421 e. The molecular weight excluding hydrogens is 180 g/mol. The summed E-state index contributed by atoms with van der Waals surface area (Å²) in [6, 6.07) is 0. The summed E-state index contributed by atoms with van der Waals surface area (Å²) in [7, 11) is 0. The number of rotatable bonds is 2. The molecule has 0 spiro atoms. The SMILES string of the molecule is CCC1=C=CC(C(C)C)=C=CC=CCC1. The van der Waals surface area contributed by atoms with E-state index in [0.717, 1.165) is 19.3 Å². The Balaban J connectivity index is 3.08. The summed E-state index contributed by atoms with van der Waals surface area (Å²) in [5.41, 5.74) is 9.35. The molecule has 0 bridgehead atoms. The highest BCUT2D eigenvalue weighted by Gasteiger charge is 1.98. The molecule has 1 rings (SSSR count). The summed E-state index contributed by atoms with van der Waals surface area (Å²) in [4.78, 5) is 0. The van der Waals surface area contributed by atoms with Crippen molar-refractivity contribution in [2.75, 3.05) is 0 Å². The van der Waals surface area contributed by atoms with Gasteiger partial charge in [-0.25, -0.2) is 0 Å². The van der Waals surface area contributed by atoms with Crippen molar-refractivity contribution < 1.29 is 0 Å². The first-order valence-corrected chi connectivity index (χ1v) is 5.80. The highest BCUT2D eigenvalue weighted by molar-refractivity contribution is 5.24. The molecule has 0 heterocycles. The fourth-order valence-corrected chi connectivity index (χ4v) is 1.47. The molecule has 0 fully saturated rings. The quantitative estimate of drug-likeness (QED) is 0.573. The van der Waals surface area contributed by atoms with Gasteiger partial charge in [-0.2, -0.15) is 0 Å². The van der Waals surface area contributed by atoms with Crippen molar-refractivity contribution in [3.63, 3.8) is 0 Å². The minimum Gasteiger partial charge on any atom is -0.121 e. The van der Waals surface area contributed by atoms with E-state index >= 15 is 0 Å². The second kappa shape index (κ2) is 6.30. The maximum atomic E-state index is 3.41. The Morgan fingerprint density at radius 1 is 1.33 bits per heavy atom. The van der Waals surface area contributed by atoms with Crippen LogP contribution in [0.5, 0.6) is 0 Å². The summed E-state index contributed by atoms with van der Waals surface area (Å²) in [6.45, 7) is 6.57. The van der Waals surface area contributed by atoms with E-state index in [1.807, 2.05) is 6.08 Å². The first-order chi connectivity index (χ1) is 7.24. The molecule has 80 valence electrons. The van der Waals surface area contributed by atoms with Crippen LogP contribution in [0.25, 0.3) is 0 Å². The molecule has 0 aromatic heterocycles. The lowest BCUT2D eigenvalue weighted by Gasteiger charge is -2.02. The standard InChI is InChI=1S/C15H20/c1-4-14-9-7-5-6-8-10-15(12-11-14)13(2)3/h5-6,8,12-13H,4,7,9H2,1-3H3. The molecule has 0 N–H and O–H groups in total. The lowest BCUT2D eigenvalue weighted by atomic mass is 10.0. The molecule has 1 aliphatic carbocycles. The van der Waals surface area contributed by atoms with Crippen molar-refractivity contribution in [1.82, 2.24) is 0 Å². The van der Waals surface area contributed by atoms with Crippen LogP contribution >= 0.6 is 0 Å². The Hall–Kier alpha value is -1.22. The van der Waals surface area contributed by atoms with E-state index in [1.54, 1.807) is 0 Å². The Morgan fingerprint density at radius 3 is 2.80 bits per heavy atom. The fraction of sp³-hybridized carbons (Fsp3) is 0.467. The van der Waals surface area contributed by atoms with Crippen LogP contribution in [0.3, 0.4) is 0 Å². The maximum absolute atomic E-state index is 3.41. The smallest absolute Gasteiger partial charge is 0.00421 e. The summed E-state index contributed by atoms with van der Waals surface area (Å²) in [6.07, 6.45) is 11.7. The molecule has 0 nitrogen and oxygen atoms in total. The lowest BCUT2D eigenvalue weighted by molar-refractivity contribution is 0.793. The molecule has 0 aromatic carbocycles. The zero-order chi connectivity index (χ0) is 11.1. The average molecular weight is 200 g/mol. The Morgan fingerprint density at radius 2 is 2.13 bits per heavy atom. The second-order valence-corrected chi connectivity index (χ2v) is 4.13. The summed E-state index contributed by atoms with van der Waals surface area (Å²) in [5, 5.41) is 0. The molecule has 0 radical (unpaired) electrons. The van der Waals surface area contributed by atoms with Crippen LogP contribution in [-0.2, 0) is 0 Å². The van der Waals surface area contributed by atoms with E-state index in [2.05, 4.69) is 50.5 Å². The van der Waals surface area contributed by atoms with Gasteiger partial charge in [-0.3, -0.25) is 0 Å². The Bertz CT molecular complexity index is 351. The van der Waals surface area contributed by atoms with E-state index < -0.39 is 0 Å². The van der Waals surface area contributed by atoms with Gasteiger partial charge in [-0.05, 0) is 42.9 Å². The largest absolute Gasteiger partial charge is 0.121 e. The van der Waals surface area contributed by atoms with Crippen molar-refractivity contribution in [1.29, 1.82) is 0 Å². The normalized spacial score (nSPS) is 16.5. The van der Waals surface area contributed by atoms with Gasteiger partial charge in [-0.1, -0.05) is 32.9 Å². The molecular formula is C15H20. The fourth-order valence-electron chi connectivity index (χ4n) is 1.47. The molecule has 0 atom stereocenters. The lowest BCUT2D eigenvalue weighted by Crippen LogP contribution is -1.88. The van der Waals surface area contributed by atoms with E-state index in [1.165, 1.54) is 11.1 Å². The third kappa shape index (κ3) is 4.21. The third-order valence-electron chi connectivity index (χ3n) is 2.58. The van der Waals surface area contributed by atoms with Gasteiger partial charge < -0.3 is 0 Å². The summed E-state index contributed by atoms with van der Waals surface area (Å²) in [5.74, 6) is 0.514. The summed E-state index contributed by atoms with van der Waals surface area (Å²) >= 11 is 0. The van der Waals surface area contributed by atoms with Crippen LogP contribution < -0.4 is 0 Å². The number of allylic oxidation sites excluding steroid dienone is 4. The van der Waals surface area contributed by atoms with Gasteiger partial charge in [0.15, 0.2) is 0 Å². The molecule has 0 heteroatoms. The van der Waals surface area contributed by atoms with Gasteiger partial charge in [-0.15, -0.1) is 11.5 Å². The zero-order valence-electron chi connectivity index (χ0n) is 10.0. The van der Waals surface area contributed by atoms with Crippen molar-refractivity contribution in [2.45, 2.75) is 40.0 Å². The Labute approximate surface area is 93.4 Å². The molecule has 0 amide bonds. The molecule has 1 aliphatic rings. The van der Waals surface area contributed by atoms with E-state index in [9.17, 15) is 0 Å². The van der Waals surface area contributed by atoms with Crippen molar-refractivity contribution >= 4 is 0 Å². The minimum absolute atomic E-state index is 0.514. The second-order valence-electron chi connectivity index (χ2n) is 4.13. The predicted octanol–water partition coefficient (Wildman–Crippen LogP) is 4.57. The number of hydrogen-bond acceptors (Lipinski definition) is 0. The number of hydrogen-bond donors (Lipinski definition) is 0. The van der Waals surface area contributed by atoms with E-state index in [0.29, 0.717) is 5.92 Å². The topological polar surface area (TPSA) is 0 Å². The molecule has 0 unspecified atom stereocenters. The highest BCUT2D eigenvalue weighted by atomic mass is 14.0. The van der Waals surface area contributed by atoms with Gasteiger partial charge >= 0.3 is 0 Å². The molecule has 0 aromatic rings. The molecule has 0 saturated heterocycles. The van der Waals surface area contributed by atoms with Gasteiger partial charge in [0, 0.05) is 5.57 Å². The molecule has 15 heavy (non-hydrogen) atoms. The van der Waals surface area contributed by atoms with Crippen molar-refractivity contribution in [3.05, 3.63) is 46.9 Å². The average Bonchev–Trinajstić information content (AvgIpc) is 2.24. The van der Waals surface area contributed by atoms with Crippen LogP contribution in [0.2, 0.25) is 0 Å². The van der Waals surface area contributed by atoms with Gasteiger partial charge in [0.2, 0.25) is 0 Å². The zero-order valence-corrected chi connectivity index (χ0v) is 10.0. The van der Waals surface area contributed by atoms with Crippen LogP contribution in [0.15, 0.2) is 46.9 Å². The van der Waals surface area contributed by atoms with Crippen molar-refractivity contribution in [3.8, 4) is 0 Å². The first kappa shape index (κ1) is 11.9. The van der Waals surface area contributed by atoms with Gasteiger partial charge in [0.25, 0.3) is 0 Å². The van der Waals surface area contributed by atoms with Gasteiger partial charge in [0.1, 0.15) is 0 Å². The monoisotopic (exact) mass is 200 g/mol. The first-order valence-electron chi connectivity index (χ1n) is 5.80. The van der Waals surface area contributed by atoms with Crippen LogP contribution in [-0.4, -0.2) is 0 Å². The summed E-state index contributed by atoms with van der Waals surface area (Å²) < 4.78 is 0. The van der Waals surface area contributed by atoms with Crippen LogP contribution in [0.1, 0.15) is 40.0 Å². The predicted molar refractivity (Wildman–Crippen MR) is 66.7 cm³/mol.